The summed E-state index contributed by atoms with van der Waals surface area (Å²) in [5.41, 5.74) is 6.39. The van der Waals surface area contributed by atoms with E-state index in [1.807, 2.05) is 0 Å². The molecule has 0 aliphatic rings. The zero-order chi connectivity index (χ0) is 13.3. The van der Waals surface area contributed by atoms with Crippen molar-refractivity contribution in [2.75, 3.05) is 10.5 Å². The molecule has 1 aromatic carbocycles. The van der Waals surface area contributed by atoms with E-state index in [0.717, 1.165) is 0 Å². The predicted octanol–water partition coefficient (Wildman–Crippen LogP) is 2.13. The Morgan fingerprint density at radius 1 is 1.44 bits per heavy atom. The molecule has 8 heteroatoms. The first-order valence-electron chi connectivity index (χ1n) is 4.88. The largest absolute Gasteiger partial charge is 0.431 e. The zero-order valence-corrected chi connectivity index (χ0v) is 11.7. The van der Waals surface area contributed by atoms with E-state index in [1.54, 1.807) is 13.0 Å². The quantitative estimate of drug-likeness (QED) is 0.839. The number of nitrogens with zero attached hydrogens (tertiary/aromatic N) is 1. The molecule has 0 unspecified atom stereocenters. The average Bonchev–Trinajstić information content (AvgIpc) is 2.62. The number of anilines is 2. The Labute approximate surface area is 112 Å². The summed E-state index contributed by atoms with van der Waals surface area (Å²) < 4.78 is 31.9. The molecule has 2 rings (SSSR count). The van der Waals surface area contributed by atoms with Gasteiger partial charge in [0.1, 0.15) is 11.2 Å². The SMILES string of the molecule is Cc1coc(NS(=O)(=O)c2ccc(Br)cc2N)n1. The molecule has 0 saturated carbocycles. The van der Waals surface area contributed by atoms with Gasteiger partial charge in [-0.1, -0.05) is 15.9 Å². The summed E-state index contributed by atoms with van der Waals surface area (Å²) in [5, 5.41) is 0. The van der Waals surface area contributed by atoms with Crippen molar-refractivity contribution in [3.63, 3.8) is 0 Å². The topological polar surface area (TPSA) is 98.2 Å². The van der Waals surface area contributed by atoms with Crippen LogP contribution in [0.15, 0.2) is 38.2 Å². The Morgan fingerprint density at radius 2 is 2.17 bits per heavy atom. The summed E-state index contributed by atoms with van der Waals surface area (Å²) in [7, 11) is -3.80. The first kappa shape index (κ1) is 12.9. The van der Waals surface area contributed by atoms with Gasteiger partial charge in [-0.25, -0.2) is 13.1 Å². The van der Waals surface area contributed by atoms with E-state index in [2.05, 4.69) is 25.6 Å². The molecular formula is C10H10BrN3O3S. The Balaban J connectivity index is 2.36. The lowest BCUT2D eigenvalue weighted by Gasteiger charge is -2.07. The summed E-state index contributed by atoms with van der Waals surface area (Å²) in [6, 6.07) is 4.41. The van der Waals surface area contributed by atoms with Crippen LogP contribution in [-0.2, 0) is 10.0 Å². The van der Waals surface area contributed by atoms with Gasteiger partial charge in [0.25, 0.3) is 10.0 Å². The maximum absolute atomic E-state index is 12.0. The summed E-state index contributed by atoms with van der Waals surface area (Å²) in [6.07, 6.45) is 1.35. The number of hydrogen-bond acceptors (Lipinski definition) is 5. The minimum atomic E-state index is -3.80. The number of aryl methyl sites for hydroxylation is 1. The first-order valence-corrected chi connectivity index (χ1v) is 7.16. The second-order valence-corrected chi connectivity index (χ2v) is 6.15. The van der Waals surface area contributed by atoms with Crippen LogP contribution in [0.4, 0.5) is 11.7 Å². The van der Waals surface area contributed by atoms with E-state index in [4.69, 9.17) is 10.2 Å². The van der Waals surface area contributed by atoms with Crippen LogP contribution in [0.25, 0.3) is 0 Å². The Bertz CT molecular complexity index is 681. The molecule has 1 aromatic heterocycles. The maximum atomic E-state index is 12.0. The highest BCUT2D eigenvalue weighted by molar-refractivity contribution is 9.10. The van der Waals surface area contributed by atoms with Crippen molar-refractivity contribution in [3.05, 3.63) is 34.6 Å². The van der Waals surface area contributed by atoms with Gasteiger partial charge in [-0.2, -0.15) is 4.98 Å². The highest BCUT2D eigenvalue weighted by Gasteiger charge is 2.19. The number of hydrogen-bond donors (Lipinski definition) is 2. The van der Waals surface area contributed by atoms with Gasteiger partial charge < -0.3 is 10.2 Å². The van der Waals surface area contributed by atoms with Crippen LogP contribution in [0, 0.1) is 6.92 Å². The molecule has 0 atom stereocenters. The minimum absolute atomic E-state index is 0.0263. The lowest BCUT2D eigenvalue weighted by molar-refractivity contribution is 0.569. The van der Waals surface area contributed by atoms with Crippen molar-refractivity contribution in [3.8, 4) is 0 Å². The van der Waals surface area contributed by atoms with Crippen LogP contribution in [0.5, 0.6) is 0 Å². The molecule has 0 bridgehead atoms. The van der Waals surface area contributed by atoms with Crippen LogP contribution in [0.2, 0.25) is 0 Å². The van der Waals surface area contributed by atoms with Crippen LogP contribution >= 0.6 is 15.9 Å². The van der Waals surface area contributed by atoms with Gasteiger partial charge >= 0.3 is 6.01 Å². The molecule has 0 aliphatic heterocycles. The number of nitrogens with one attached hydrogen (secondary N) is 1. The summed E-state index contributed by atoms with van der Waals surface area (Å²) in [4.78, 5) is 3.84. The van der Waals surface area contributed by atoms with E-state index in [9.17, 15) is 8.42 Å². The zero-order valence-electron chi connectivity index (χ0n) is 9.34. The van der Waals surface area contributed by atoms with E-state index in [1.165, 1.54) is 18.4 Å². The molecule has 6 nitrogen and oxygen atoms in total. The van der Waals surface area contributed by atoms with Gasteiger partial charge in [0.05, 0.1) is 11.4 Å². The number of halogens is 1. The summed E-state index contributed by atoms with van der Waals surface area (Å²) in [5.74, 6) is 0. The number of aromatic nitrogens is 1. The Kier molecular flexibility index (Phi) is 3.31. The van der Waals surface area contributed by atoms with Crippen molar-refractivity contribution in [2.24, 2.45) is 0 Å². The number of sulfonamides is 1. The number of nitrogen functional groups attached to an aromatic ring is 1. The van der Waals surface area contributed by atoms with E-state index < -0.39 is 10.0 Å². The van der Waals surface area contributed by atoms with Crippen molar-refractivity contribution < 1.29 is 12.8 Å². The Hall–Kier alpha value is -1.54. The van der Waals surface area contributed by atoms with Gasteiger partial charge in [0.2, 0.25) is 0 Å². The van der Waals surface area contributed by atoms with Gasteiger partial charge in [-0.3, -0.25) is 0 Å². The third-order valence-electron chi connectivity index (χ3n) is 2.10. The smallest absolute Gasteiger partial charge is 0.309 e. The summed E-state index contributed by atoms with van der Waals surface area (Å²) in [6.45, 7) is 1.69. The number of benzene rings is 1. The second kappa shape index (κ2) is 4.62. The standard InChI is InChI=1S/C10H10BrN3O3S/c1-6-5-17-10(13-6)14-18(15,16)9-3-2-7(11)4-8(9)12/h2-5H,12H2,1H3,(H,13,14). The van der Waals surface area contributed by atoms with Crippen LogP contribution in [-0.4, -0.2) is 13.4 Å². The predicted molar refractivity (Wildman–Crippen MR) is 70.6 cm³/mol. The number of nitrogens with two attached hydrogens (primary N) is 1. The van der Waals surface area contributed by atoms with E-state index in [-0.39, 0.29) is 16.6 Å². The monoisotopic (exact) mass is 331 g/mol. The third kappa shape index (κ3) is 2.65. The van der Waals surface area contributed by atoms with E-state index >= 15 is 0 Å². The van der Waals surface area contributed by atoms with Gasteiger partial charge in [0, 0.05) is 4.47 Å². The number of rotatable bonds is 3. The lowest BCUT2D eigenvalue weighted by atomic mass is 10.3. The van der Waals surface area contributed by atoms with E-state index in [0.29, 0.717) is 10.2 Å². The minimum Gasteiger partial charge on any atom is -0.431 e. The van der Waals surface area contributed by atoms with Crippen LogP contribution < -0.4 is 10.5 Å². The van der Waals surface area contributed by atoms with Gasteiger partial charge in [0.15, 0.2) is 0 Å². The molecule has 2 aromatic rings. The highest BCUT2D eigenvalue weighted by atomic mass is 79.9. The highest BCUT2D eigenvalue weighted by Crippen LogP contribution is 2.24. The Morgan fingerprint density at radius 3 is 2.72 bits per heavy atom. The van der Waals surface area contributed by atoms with Gasteiger partial charge in [-0.15, -0.1) is 0 Å². The molecule has 0 spiro atoms. The van der Waals surface area contributed by atoms with Crippen molar-refractivity contribution in [1.29, 1.82) is 0 Å². The van der Waals surface area contributed by atoms with Crippen molar-refractivity contribution in [1.82, 2.24) is 4.98 Å². The molecule has 0 aliphatic carbocycles. The molecule has 1 heterocycles. The fourth-order valence-electron chi connectivity index (χ4n) is 1.33. The van der Waals surface area contributed by atoms with Crippen molar-refractivity contribution >= 4 is 37.7 Å². The molecule has 0 amide bonds. The second-order valence-electron chi connectivity index (χ2n) is 3.58. The molecular weight excluding hydrogens is 322 g/mol. The maximum Gasteiger partial charge on any atom is 0.309 e. The fraction of sp³-hybridized carbons (Fsp3) is 0.100. The number of oxazole rings is 1. The first-order chi connectivity index (χ1) is 8.38. The average molecular weight is 332 g/mol. The van der Waals surface area contributed by atoms with Gasteiger partial charge in [-0.05, 0) is 25.1 Å². The fourth-order valence-corrected chi connectivity index (χ4v) is 2.76. The molecule has 0 radical (unpaired) electrons. The molecule has 18 heavy (non-hydrogen) atoms. The lowest BCUT2D eigenvalue weighted by Crippen LogP contribution is -2.15. The molecule has 0 fully saturated rings. The van der Waals surface area contributed by atoms with Crippen LogP contribution in [0.3, 0.4) is 0 Å². The summed E-state index contributed by atoms with van der Waals surface area (Å²) >= 11 is 3.21. The van der Waals surface area contributed by atoms with Crippen molar-refractivity contribution in [2.45, 2.75) is 11.8 Å². The molecule has 3 N–H and O–H groups in total. The van der Waals surface area contributed by atoms with Crippen LogP contribution in [0.1, 0.15) is 5.69 Å². The molecule has 0 saturated heterocycles. The normalized spacial score (nSPS) is 11.4. The molecule has 96 valence electrons. The third-order valence-corrected chi connectivity index (χ3v) is 3.99.